The minimum absolute atomic E-state index is 0.235. The van der Waals surface area contributed by atoms with E-state index in [9.17, 15) is 31.1 Å². The number of rotatable bonds is 7. The normalized spacial score (nSPS) is 11.7. The first-order valence-corrected chi connectivity index (χ1v) is 12.8. The van der Waals surface area contributed by atoms with E-state index >= 15 is 0 Å². The predicted octanol–water partition coefficient (Wildman–Crippen LogP) is 9.25. The third kappa shape index (κ3) is 10.3. The number of aromatic hydroxyl groups is 1. The number of phenols is 1. The molecule has 11 heteroatoms. The molecule has 212 valence electrons. The smallest absolute Gasteiger partial charge is 0.507 e. The van der Waals surface area contributed by atoms with E-state index in [1.165, 1.54) is 0 Å². The third-order valence-electron chi connectivity index (χ3n) is 5.37. The molecule has 0 aliphatic carbocycles. The van der Waals surface area contributed by atoms with Crippen LogP contribution in [0.4, 0.5) is 26.3 Å². The number of carbonyl (C=O) groups excluding carboxylic acids is 1. The highest BCUT2D eigenvalue weighted by atomic mass is 127. The van der Waals surface area contributed by atoms with Gasteiger partial charge in [0.15, 0.2) is 12.9 Å². The highest BCUT2D eigenvalue weighted by Crippen LogP contribution is 2.38. The zero-order valence-electron chi connectivity index (χ0n) is 21.5. The van der Waals surface area contributed by atoms with E-state index in [1.54, 1.807) is 6.07 Å². The highest BCUT2D eigenvalue weighted by Gasteiger charge is 2.31. The summed E-state index contributed by atoms with van der Waals surface area (Å²) in [4.78, 5) is 10.2. The van der Waals surface area contributed by atoms with Crippen LogP contribution in [0.3, 0.4) is 0 Å². The highest BCUT2D eigenvalue weighted by molar-refractivity contribution is 14.1. The van der Waals surface area contributed by atoms with Crippen molar-refractivity contribution in [3.63, 3.8) is 0 Å². The van der Waals surface area contributed by atoms with Crippen molar-refractivity contribution in [2.45, 2.75) is 52.1 Å². The number of carbonyl (C=O) groups is 1. The molecule has 4 nitrogen and oxygen atoms in total. The van der Waals surface area contributed by atoms with Crippen LogP contribution in [0.1, 0.15) is 61.0 Å². The third-order valence-corrected chi connectivity index (χ3v) is 6.31. The van der Waals surface area contributed by atoms with Gasteiger partial charge >= 0.3 is 12.5 Å². The van der Waals surface area contributed by atoms with E-state index in [0.29, 0.717) is 11.5 Å². The minimum atomic E-state index is -4.81. The summed E-state index contributed by atoms with van der Waals surface area (Å²) in [7, 11) is 0. The Balaban J connectivity index is 0.000000322. The molecule has 0 saturated carbocycles. The summed E-state index contributed by atoms with van der Waals surface area (Å²) in [5.74, 6) is -0.0580. The number of ether oxygens (including phenoxy) is 2. The van der Waals surface area contributed by atoms with Crippen LogP contribution >= 0.6 is 22.6 Å². The Labute approximate surface area is 236 Å². The maximum Gasteiger partial charge on any atom is 0.573 e. The lowest BCUT2D eigenvalue weighted by atomic mass is 9.93. The van der Waals surface area contributed by atoms with Crippen molar-refractivity contribution >= 4 is 28.9 Å². The molecule has 39 heavy (non-hydrogen) atoms. The summed E-state index contributed by atoms with van der Waals surface area (Å²) in [6.45, 7) is 7.02. The van der Waals surface area contributed by atoms with Gasteiger partial charge in [-0.2, -0.15) is 13.2 Å². The van der Waals surface area contributed by atoms with Crippen LogP contribution in [-0.2, 0) is 0 Å². The molecule has 0 atom stereocenters. The number of halogens is 7. The van der Waals surface area contributed by atoms with Crippen LogP contribution in [0.5, 0.6) is 17.2 Å². The van der Waals surface area contributed by atoms with Gasteiger partial charge in [0, 0.05) is 9.13 Å². The molecule has 0 saturated heterocycles. The molecule has 1 N–H and O–H groups in total. The first kappa shape index (κ1) is 32.3. The molecule has 0 aromatic heterocycles. The molecular formula is C28H27F6IO4. The number of aldehydes is 1. The monoisotopic (exact) mass is 668 g/mol. The van der Waals surface area contributed by atoms with Gasteiger partial charge in [-0.3, -0.25) is 4.79 Å². The van der Waals surface area contributed by atoms with Crippen molar-refractivity contribution in [1.82, 2.24) is 0 Å². The molecule has 3 rings (SSSR count). The van der Waals surface area contributed by atoms with Crippen molar-refractivity contribution < 1.29 is 45.7 Å². The molecule has 0 radical (unpaired) electrons. The Morgan fingerprint density at radius 3 is 1.92 bits per heavy atom. The Morgan fingerprint density at radius 2 is 1.41 bits per heavy atom. The van der Waals surface area contributed by atoms with Crippen molar-refractivity contribution in [3.05, 3.63) is 74.9 Å². The zero-order valence-corrected chi connectivity index (χ0v) is 23.6. The standard InChI is InChI=1S/C20H22F3IO.C8H5F3O3/c1-12(2)14-5-7-18(24)16(9-14)17-10-15(13(3)4)6-8-19(17)25-11-20(21,22)23;9-8(10,11)14-6-1-2-7(13)5(3-6)4-12/h5-10,12-13H,11H2,1-4H3;1-4,13H. The summed E-state index contributed by atoms with van der Waals surface area (Å²) in [5.41, 5.74) is 3.58. The molecular weight excluding hydrogens is 641 g/mol. The van der Waals surface area contributed by atoms with Gasteiger partial charge in [-0.05, 0) is 93.6 Å². The van der Waals surface area contributed by atoms with Crippen LogP contribution in [-0.4, -0.2) is 30.5 Å². The van der Waals surface area contributed by atoms with Gasteiger partial charge < -0.3 is 14.6 Å². The van der Waals surface area contributed by atoms with E-state index in [1.807, 2.05) is 24.3 Å². The molecule has 0 fully saturated rings. The summed E-state index contributed by atoms with van der Waals surface area (Å²) < 4.78 is 82.6. The number of hydrogen-bond donors (Lipinski definition) is 1. The van der Waals surface area contributed by atoms with E-state index in [4.69, 9.17) is 9.84 Å². The average Bonchev–Trinajstić information content (AvgIpc) is 2.83. The zero-order chi connectivity index (χ0) is 29.5. The van der Waals surface area contributed by atoms with Crippen LogP contribution in [0.2, 0.25) is 0 Å². The van der Waals surface area contributed by atoms with Gasteiger partial charge in [0.25, 0.3) is 0 Å². The number of alkyl halides is 6. The van der Waals surface area contributed by atoms with Crippen LogP contribution in [0.15, 0.2) is 54.6 Å². The topological polar surface area (TPSA) is 55.8 Å². The van der Waals surface area contributed by atoms with Gasteiger partial charge in [0.2, 0.25) is 0 Å². The Kier molecular flexibility index (Phi) is 11.1. The maximum absolute atomic E-state index is 12.6. The second-order valence-electron chi connectivity index (χ2n) is 9.09. The van der Waals surface area contributed by atoms with Crippen LogP contribution in [0, 0.1) is 3.57 Å². The van der Waals surface area contributed by atoms with E-state index in [2.05, 4.69) is 61.1 Å². The predicted molar refractivity (Wildman–Crippen MR) is 145 cm³/mol. The molecule has 0 spiro atoms. The molecule has 0 heterocycles. The van der Waals surface area contributed by atoms with Crippen LogP contribution in [0.25, 0.3) is 11.1 Å². The maximum atomic E-state index is 12.6. The quantitative estimate of drug-likeness (QED) is 0.155. The van der Waals surface area contributed by atoms with Crippen molar-refractivity contribution in [3.8, 4) is 28.4 Å². The first-order chi connectivity index (χ1) is 18.0. The van der Waals surface area contributed by atoms with E-state index < -0.39 is 30.6 Å². The number of benzene rings is 3. The molecule has 0 aliphatic heterocycles. The van der Waals surface area contributed by atoms with Gasteiger partial charge in [-0.1, -0.05) is 39.8 Å². The fourth-order valence-electron chi connectivity index (χ4n) is 3.34. The lowest BCUT2D eigenvalue weighted by molar-refractivity contribution is -0.274. The van der Waals surface area contributed by atoms with Gasteiger partial charge in [-0.25, -0.2) is 0 Å². The van der Waals surface area contributed by atoms with Crippen LogP contribution < -0.4 is 9.47 Å². The molecule has 0 amide bonds. The summed E-state index contributed by atoms with van der Waals surface area (Å²) in [6.07, 6.45) is -8.93. The Bertz CT molecular complexity index is 1270. The molecule has 0 bridgehead atoms. The van der Waals surface area contributed by atoms with E-state index in [0.717, 1.165) is 38.5 Å². The van der Waals surface area contributed by atoms with Gasteiger partial charge in [0.05, 0.1) is 5.56 Å². The molecule has 0 aliphatic rings. The largest absolute Gasteiger partial charge is 0.573 e. The first-order valence-electron chi connectivity index (χ1n) is 11.7. The van der Waals surface area contributed by atoms with Crippen molar-refractivity contribution in [2.75, 3.05) is 6.61 Å². The second kappa shape index (κ2) is 13.4. The molecule has 3 aromatic carbocycles. The average molecular weight is 668 g/mol. The lowest BCUT2D eigenvalue weighted by Gasteiger charge is -2.18. The van der Waals surface area contributed by atoms with E-state index in [-0.39, 0.29) is 23.5 Å². The second-order valence-corrected chi connectivity index (χ2v) is 10.3. The van der Waals surface area contributed by atoms with Gasteiger partial charge in [0.1, 0.15) is 17.2 Å². The number of hydrogen-bond acceptors (Lipinski definition) is 4. The minimum Gasteiger partial charge on any atom is -0.507 e. The SMILES string of the molecule is CC(C)c1ccc(I)c(-c2cc(C(C)C)ccc2OCC(F)(F)F)c1.O=Cc1cc(OC(F)(F)F)ccc1O. The summed E-state index contributed by atoms with van der Waals surface area (Å²) in [6, 6.07) is 14.2. The fourth-order valence-corrected chi connectivity index (χ4v) is 3.96. The van der Waals surface area contributed by atoms with Crippen molar-refractivity contribution in [2.24, 2.45) is 0 Å². The van der Waals surface area contributed by atoms with Gasteiger partial charge in [-0.15, -0.1) is 13.2 Å². The fraction of sp³-hybridized carbons (Fsp3) is 0.321. The summed E-state index contributed by atoms with van der Waals surface area (Å²) in [5, 5.41) is 8.97. The Hall–Kier alpha value is -2.96. The Morgan fingerprint density at radius 1 is 0.846 bits per heavy atom. The number of phenolic OH excluding ortho intramolecular Hbond substituents is 1. The van der Waals surface area contributed by atoms with Crippen molar-refractivity contribution in [1.29, 1.82) is 0 Å². The summed E-state index contributed by atoms with van der Waals surface area (Å²) >= 11 is 2.22. The molecule has 3 aromatic rings. The molecule has 0 unspecified atom stereocenters. The lowest BCUT2D eigenvalue weighted by Crippen LogP contribution is -2.19.